The zero-order chi connectivity index (χ0) is 12.4. The third kappa shape index (κ3) is 2.68. The highest BCUT2D eigenvalue weighted by molar-refractivity contribution is 8.01. The first-order valence-electron chi connectivity index (χ1n) is 5.01. The van der Waals surface area contributed by atoms with E-state index in [0.29, 0.717) is 10.6 Å². The van der Waals surface area contributed by atoms with Crippen LogP contribution in [0.5, 0.6) is 0 Å². The van der Waals surface area contributed by atoms with Gasteiger partial charge in [0.1, 0.15) is 5.03 Å². The number of hydrogen-bond acceptors (Lipinski definition) is 4. The summed E-state index contributed by atoms with van der Waals surface area (Å²) in [5.41, 5.74) is 1.89. The van der Waals surface area contributed by atoms with Crippen LogP contribution < -0.4 is 0 Å². The Labute approximate surface area is 108 Å². The Bertz CT molecular complexity index is 550. The highest BCUT2D eigenvalue weighted by Crippen LogP contribution is 2.33. The molecule has 0 bridgehead atoms. The predicted molar refractivity (Wildman–Crippen MR) is 69.1 cm³/mol. The minimum Gasteiger partial charge on any atom is -0.478 e. The summed E-state index contributed by atoms with van der Waals surface area (Å²) in [6.45, 7) is 3.67. The average molecular weight is 265 g/mol. The summed E-state index contributed by atoms with van der Waals surface area (Å²) in [5.74, 6) is -0.922. The standard InChI is InChI=1S/C12H11NO2S2/c1-7-6-8(2)13-11(10(7)12(14)15)17-9-4-3-5-16-9/h3-6H,1-2H3,(H,14,15). The van der Waals surface area contributed by atoms with Crippen molar-refractivity contribution in [2.45, 2.75) is 23.1 Å². The van der Waals surface area contributed by atoms with Crippen molar-refractivity contribution < 1.29 is 9.90 Å². The van der Waals surface area contributed by atoms with Gasteiger partial charge in [0.25, 0.3) is 0 Å². The Hall–Kier alpha value is -1.33. The van der Waals surface area contributed by atoms with E-state index in [1.807, 2.05) is 24.4 Å². The fraction of sp³-hybridized carbons (Fsp3) is 0.167. The first-order chi connectivity index (χ1) is 8.08. The van der Waals surface area contributed by atoms with Crippen LogP contribution in [0.4, 0.5) is 0 Å². The molecule has 17 heavy (non-hydrogen) atoms. The van der Waals surface area contributed by atoms with Crippen molar-refractivity contribution in [2.24, 2.45) is 0 Å². The van der Waals surface area contributed by atoms with E-state index in [4.69, 9.17) is 0 Å². The molecule has 0 aliphatic carbocycles. The molecule has 0 saturated carbocycles. The molecule has 0 radical (unpaired) electrons. The average Bonchev–Trinajstić information content (AvgIpc) is 2.68. The van der Waals surface area contributed by atoms with Gasteiger partial charge in [0.15, 0.2) is 0 Å². The molecule has 0 unspecified atom stereocenters. The molecule has 0 aromatic carbocycles. The quantitative estimate of drug-likeness (QED) is 0.921. The number of nitrogens with zero attached hydrogens (tertiary/aromatic N) is 1. The van der Waals surface area contributed by atoms with E-state index in [9.17, 15) is 9.90 Å². The Kier molecular flexibility index (Phi) is 3.49. The number of aromatic nitrogens is 1. The molecule has 2 aromatic rings. The van der Waals surface area contributed by atoms with Crippen LogP contribution in [-0.2, 0) is 0 Å². The number of pyridine rings is 1. The number of hydrogen-bond donors (Lipinski definition) is 1. The van der Waals surface area contributed by atoms with Gasteiger partial charge in [-0.15, -0.1) is 11.3 Å². The number of aromatic carboxylic acids is 1. The lowest BCUT2D eigenvalue weighted by atomic mass is 10.1. The Morgan fingerprint density at radius 1 is 1.47 bits per heavy atom. The van der Waals surface area contributed by atoms with Gasteiger partial charge in [-0.2, -0.15) is 0 Å². The summed E-state index contributed by atoms with van der Waals surface area (Å²) in [4.78, 5) is 15.6. The lowest BCUT2D eigenvalue weighted by molar-refractivity contribution is 0.0691. The summed E-state index contributed by atoms with van der Waals surface area (Å²) in [6, 6.07) is 5.69. The predicted octanol–water partition coefficient (Wildman–Crippen LogP) is 3.61. The van der Waals surface area contributed by atoms with Gasteiger partial charge < -0.3 is 5.11 Å². The molecule has 88 valence electrons. The molecule has 2 rings (SSSR count). The van der Waals surface area contributed by atoms with Crippen LogP contribution in [0.25, 0.3) is 0 Å². The minimum absolute atomic E-state index is 0.300. The molecular formula is C12H11NO2S2. The summed E-state index contributed by atoms with van der Waals surface area (Å²) in [7, 11) is 0. The highest BCUT2D eigenvalue weighted by Gasteiger charge is 2.16. The van der Waals surface area contributed by atoms with Crippen LogP contribution in [0.1, 0.15) is 21.6 Å². The molecule has 0 aliphatic rings. The van der Waals surface area contributed by atoms with Crippen LogP contribution >= 0.6 is 23.1 Å². The van der Waals surface area contributed by atoms with Gasteiger partial charge in [0.05, 0.1) is 9.77 Å². The minimum atomic E-state index is -0.922. The van der Waals surface area contributed by atoms with Gasteiger partial charge >= 0.3 is 5.97 Å². The van der Waals surface area contributed by atoms with Crippen molar-refractivity contribution in [3.05, 3.63) is 40.4 Å². The molecule has 0 saturated heterocycles. The van der Waals surface area contributed by atoms with E-state index < -0.39 is 5.97 Å². The van der Waals surface area contributed by atoms with Crippen molar-refractivity contribution in [2.75, 3.05) is 0 Å². The molecule has 3 nitrogen and oxygen atoms in total. The van der Waals surface area contributed by atoms with Crippen LogP contribution in [0.15, 0.2) is 32.8 Å². The maximum Gasteiger partial charge on any atom is 0.338 e. The van der Waals surface area contributed by atoms with E-state index in [-0.39, 0.29) is 0 Å². The van der Waals surface area contributed by atoms with Crippen LogP contribution in [0.2, 0.25) is 0 Å². The number of carboxylic acid groups (broad SMARTS) is 1. The van der Waals surface area contributed by atoms with Gasteiger partial charge in [0.2, 0.25) is 0 Å². The number of aryl methyl sites for hydroxylation is 2. The fourth-order valence-electron chi connectivity index (χ4n) is 1.55. The van der Waals surface area contributed by atoms with Crippen LogP contribution in [0, 0.1) is 13.8 Å². The molecular weight excluding hydrogens is 254 g/mol. The van der Waals surface area contributed by atoms with E-state index in [1.54, 1.807) is 24.3 Å². The van der Waals surface area contributed by atoms with Crippen molar-refractivity contribution in [1.82, 2.24) is 4.98 Å². The lowest BCUT2D eigenvalue weighted by Crippen LogP contribution is -2.05. The van der Waals surface area contributed by atoms with E-state index >= 15 is 0 Å². The molecule has 0 spiro atoms. The molecule has 0 atom stereocenters. The Morgan fingerprint density at radius 3 is 2.82 bits per heavy atom. The van der Waals surface area contributed by atoms with Gasteiger partial charge in [-0.05, 0) is 36.9 Å². The normalized spacial score (nSPS) is 10.5. The summed E-state index contributed by atoms with van der Waals surface area (Å²) >= 11 is 2.98. The summed E-state index contributed by atoms with van der Waals surface area (Å²) in [5, 5.41) is 11.7. The van der Waals surface area contributed by atoms with Gasteiger partial charge in [0, 0.05) is 5.69 Å². The van der Waals surface area contributed by atoms with Crippen molar-refractivity contribution in [3.63, 3.8) is 0 Å². The molecule has 0 fully saturated rings. The summed E-state index contributed by atoms with van der Waals surface area (Å²) in [6.07, 6.45) is 0. The highest BCUT2D eigenvalue weighted by atomic mass is 32.2. The summed E-state index contributed by atoms with van der Waals surface area (Å²) < 4.78 is 1.05. The number of carbonyl (C=O) groups is 1. The fourth-order valence-corrected chi connectivity index (χ4v) is 3.47. The smallest absolute Gasteiger partial charge is 0.338 e. The molecule has 1 N–H and O–H groups in total. The maximum atomic E-state index is 11.2. The van der Waals surface area contributed by atoms with Crippen LogP contribution in [-0.4, -0.2) is 16.1 Å². The second kappa shape index (κ2) is 4.89. The number of thiophene rings is 1. The molecule has 2 aromatic heterocycles. The third-order valence-corrected chi connectivity index (χ3v) is 4.24. The van der Waals surface area contributed by atoms with E-state index in [1.165, 1.54) is 11.8 Å². The largest absolute Gasteiger partial charge is 0.478 e. The Balaban J connectivity index is 2.47. The van der Waals surface area contributed by atoms with Crippen molar-refractivity contribution in [1.29, 1.82) is 0 Å². The third-order valence-electron chi connectivity index (χ3n) is 2.22. The van der Waals surface area contributed by atoms with Crippen molar-refractivity contribution in [3.8, 4) is 0 Å². The monoisotopic (exact) mass is 265 g/mol. The second-order valence-corrected chi connectivity index (χ2v) is 5.84. The zero-order valence-electron chi connectivity index (χ0n) is 9.43. The lowest BCUT2D eigenvalue weighted by Gasteiger charge is -2.08. The topological polar surface area (TPSA) is 50.2 Å². The van der Waals surface area contributed by atoms with Gasteiger partial charge in [-0.3, -0.25) is 0 Å². The molecule has 0 aliphatic heterocycles. The molecule has 2 heterocycles. The van der Waals surface area contributed by atoms with E-state index in [0.717, 1.165) is 15.5 Å². The maximum absolute atomic E-state index is 11.2. The number of rotatable bonds is 3. The first-order valence-corrected chi connectivity index (χ1v) is 6.70. The molecule has 0 amide bonds. The van der Waals surface area contributed by atoms with Gasteiger partial charge in [-0.1, -0.05) is 17.8 Å². The van der Waals surface area contributed by atoms with Crippen molar-refractivity contribution >= 4 is 29.1 Å². The molecule has 5 heteroatoms. The second-order valence-electron chi connectivity index (χ2n) is 3.60. The Morgan fingerprint density at radius 2 is 2.24 bits per heavy atom. The van der Waals surface area contributed by atoms with Gasteiger partial charge in [-0.25, -0.2) is 9.78 Å². The first kappa shape index (κ1) is 12.1. The zero-order valence-corrected chi connectivity index (χ0v) is 11.1. The SMILES string of the molecule is Cc1cc(C)c(C(=O)O)c(Sc2cccs2)n1. The van der Waals surface area contributed by atoms with E-state index in [2.05, 4.69) is 4.98 Å². The van der Waals surface area contributed by atoms with Crippen LogP contribution in [0.3, 0.4) is 0 Å². The number of carboxylic acids is 1.